The number of amides is 1. The van der Waals surface area contributed by atoms with Crippen molar-refractivity contribution >= 4 is 34.0 Å². The Labute approximate surface area is 173 Å². The Hall–Kier alpha value is -3.19. The van der Waals surface area contributed by atoms with E-state index in [2.05, 4.69) is 21.5 Å². The molecule has 3 heterocycles. The summed E-state index contributed by atoms with van der Waals surface area (Å²) in [5, 5.41) is 10.2. The SMILES string of the molecule is CCCOc1ccccc1NC(=O)c1cc(C)nc2c1cnn2Cc1cccs1. The van der Waals surface area contributed by atoms with Gasteiger partial charge < -0.3 is 10.1 Å². The van der Waals surface area contributed by atoms with Crippen LogP contribution in [0.5, 0.6) is 5.75 Å². The van der Waals surface area contributed by atoms with Crippen molar-refractivity contribution in [3.8, 4) is 5.75 Å². The standard InChI is InChI=1S/C22H22N4O2S/c1-3-10-28-20-9-5-4-8-19(20)25-22(27)17-12-15(2)24-21-18(17)13-23-26(21)14-16-7-6-11-29-16/h4-9,11-13H,3,10,14H2,1-2H3,(H,25,27). The van der Waals surface area contributed by atoms with Crippen LogP contribution in [0.2, 0.25) is 0 Å². The Morgan fingerprint density at radius 2 is 2.10 bits per heavy atom. The van der Waals surface area contributed by atoms with Gasteiger partial charge in [0.2, 0.25) is 0 Å². The van der Waals surface area contributed by atoms with Gasteiger partial charge in [-0.1, -0.05) is 25.1 Å². The lowest BCUT2D eigenvalue weighted by molar-refractivity contribution is 0.102. The molecule has 3 aromatic heterocycles. The molecule has 29 heavy (non-hydrogen) atoms. The molecule has 7 heteroatoms. The normalized spacial score (nSPS) is 11.0. The highest BCUT2D eigenvalue weighted by atomic mass is 32.1. The minimum Gasteiger partial charge on any atom is -0.491 e. The molecule has 0 spiro atoms. The summed E-state index contributed by atoms with van der Waals surface area (Å²) < 4.78 is 7.59. The van der Waals surface area contributed by atoms with E-state index < -0.39 is 0 Å². The maximum absolute atomic E-state index is 13.1. The molecule has 0 fully saturated rings. The zero-order chi connectivity index (χ0) is 20.2. The predicted octanol–water partition coefficient (Wildman–Crippen LogP) is 4.89. The lowest BCUT2D eigenvalue weighted by Crippen LogP contribution is -2.14. The number of hydrogen-bond acceptors (Lipinski definition) is 5. The number of benzene rings is 1. The van der Waals surface area contributed by atoms with Gasteiger partial charge in [0.15, 0.2) is 5.65 Å². The monoisotopic (exact) mass is 406 g/mol. The Bertz CT molecular complexity index is 1140. The second-order valence-electron chi connectivity index (χ2n) is 6.73. The Balaban J connectivity index is 1.65. The number of hydrogen-bond donors (Lipinski definition) is 1. The molecule has 0 bridgehead atoms. The number of pyridine rings is 1. The summed E-state index contributed by atoms with van der Waals surface area (Å²) in [6.07, 6.45) is 2.61. The highest BCUT2D eigenvalue weighted by Gasteiger charge is 2.17. The number of fused-ring (bicyclic) bond motifs is 1. The summed E-state index contributed by atoms with van der Waals surface area (Å²) in [6, 6.07) is 13.3. The summed E-state index contributed by atoms with van der Waals surface area (Å²) in [5.41, 5.74) is 2.68. The van der Waals surface area contributed by atoms with Crippen molar-refractivity contribution in [2.45, 2.75) is 26.8 Å². The van der Waals surface area contributed by atoms with Crippen molar-refractivity contribution < 1.29 is 9.53 Å². The first kappa shape index (κ1) is 19.1. The molecule has 0 aliphatic carbocycles. The average molecular weight is 407 g/mol. The molecule has 0 unspecified atom stereocenters. The predicted molar refractivity (Wildman–Crippen MR) is 116 cm³/mol. The lowest BCUT2D eigenvalue weighted by atomic mass is 10.1. The summed E-state index contributed by atoms with van der Waals surface area (Å²) in [5.74, 6) is 0.460. The second-order valence-corrected chi connectivity index (χ2v) is 7.76. The van der Waals surface area contributed by atoms with Crippen LogP contribution in [0.25, 0.3) is 11.0 Å². The van der Waals surface area contributed by atoms with Gasteiger partial charge in [0.1, 0.15) is 5.75 Å². The summed E-state index contributed by atoms with van der Waals surface area (Å²) in [6.45, 7) is 5.16. The third-order valence-electron chi connectivity index (χ3n) is 4.46. The van der Waals surface area contributed by atoms with Crippen molar-refractivity contribution in [1.29, 1.82) is 0 Å². The van der Waals surface area contributed by atoms with Crippen molar-refractivity contribution in [1.82, 2.24) is 14.8 Å². The van der Waals surface area contributed by atoms with Crippen LogP contribution in [0.3, 0.4) is 0 Å². The minimum absolute atomic E-state index is 0.205. The van der Waals surface area contributed by atoms with E-state index in [-0.39, 0.29) is 5.91 Å². The van der Waals surface area contributed by atoms with E-state index >= 15 is 0 Å². The van der Waals surface area contributed by atoms with Crippen molar-refractivity contribution in [3.05, 3.63) is 70.2 Å². The fourth-order valence-electron chi connectivity index (χ4n) is 3.12. The average Bonchev–Trinajstić information content (AvgIpc) is 3.37. The van der Waals surface area contributed by atoms with E-state index in [1.807, 2.05) is 54.2 Å². The van der Waals surface area contributed by atoms with E-state index in [0.717, 1.165) is 17.5 Å². The zero-order valence-corrected chi connectivity index (χ0v) is 17.2. The molecule has 1 aromatic carbocycles. The number of aromatic nitrogens is 3. The molecule has 0 aliphatic rings. The van der Waals surface area contributed by atoms with Gasteiger partial charge in [-0.25, -0.2) is 9.67 Å². The number of anilines is 1. The number of aryl methyl sites for hydroxylation is 1. The molecule has 6 nitrogen and oxygen atoms in total. The zero-order valence-electron chi connectivity index (χ0n) is 16.4. The molecule has 0 saturated heterocycles. The maximum Gasteiger partial charge on any atom is 0.256 e. The molecule has 0 aliphatic heterocycles. The van der Waals surface area contributed by atoms with E-state index in [1.54, 1.807) is 23.6 Å². The van der Waals surface area contributed by atoms with Gasteiger partial charge in [0.25, 0.3) is 5.91 Å². The third kappa shape index (κ3) is 4.14. The smallest absolute Gasteiger partial charge is 0.256 e. The van der Waals surface area contributed by atoms with E-state index in [1.165, 1.54) is 4.88 Å². The fraction of sp³-hybridized carbons (Fsp3) is 0.227. The first-order valence-electron chi connectivity index (χ1n) is 9.54. The fourth-order valence-corrected chi connectivity index (χ4v) is 3.81. The molecule has 148 valence electrons. The number of thiophene rings is 1. The van der Waals surface area contributed by atoms with Gasteiger partial charge in [-0.3, -0.25) is 4.79 Å². The first-order chi connectivity index (χ1) is 14.2. The molecule has 4 rings (SSSR count). The van der Waals surface area contributed by atoms with Crippen LogP contribution >= 0.6 is 11.3 Å². The van der Waals surface area contributed by atoms with Gasteiger partial charge in [-0.2, -0.15) is 5.10 Å². The number of rotatable bonds is 7. The van der Waals surface area contributed by atoms with E-state index in [9.17, 15) is 4.79 Å². The van der Waals surface area contributed by atoms with E-state index in [4.69, 9.17) is 4.74 Å². The van der Waals surface area contributed by atoms with Crippen molar-refractivity contribution in [2.75, 3.05) is 11.9 Å². The van der Waals surface area contributed by atoms with Gasteiger partial charge in [-0.15, -0.1) is 11.3 Å². The van der Waals surface area contributed by atoms with Crippen molar-refractivity contribution in [3.63, 3.8) is 0 Å². The Morgan fingerprint density at radius 1 is 1.24 bits per heavy atom. The molecule has 0 saturated carbocycles. The number of nitrogens with zero attached hydrogens (tertiary/aromatic N) is 3. The summed E-state index contributed by atoms with van der Waals surface area (Å²) >= 11 is 1.67. The van der Waals surface area contributed by atoms with Crippen LogP contribution in [0.4, 0.5) is 5.69 Å². The minimum atomic E-state index is -0.205. The molecule has 1 amide bonds. The van der Waals surface area contributed by atoms with Crippen LogP contribution in [-0.4, -0.2) is 27.3 Å². The van der Waals surface area contributed by atoms with Gasteiger partial charge in [0.05, 0.1) is 36.0 Å². The van der Waals surface area contributed by atoms with Gasteiger partial charge in [0, 0.05) is 10.6 Å². The van der Waals surface area contributed by atoms with Crippen molar-refractivity contribution in [2.24, 2.45) is 0 Å². The highest BCUT2D eigenvalue weighted by Crippen LogP contribution is 2.26. The van der Waals surface area contributed by atoms with Crippen LogP contribution in [0.15, 0.2) is 54.0 Å². The molecule has 0 atom stereocenters. The third-order valence-corrected chi connectivity index (χ3v) is 5.33. The van der Waals surface area contributed by atoms with E-state index in [0.29, 0.717) is 35.8 Å². The molecule has 1 N–H and O–H groups in total. The summed E-state index contributed by atoms with van der Waals surface area (Å²) in [7, 11) is 0. The molecule has 4 aromatic rings. The van der Waals surface area contributed by atoms with Crippen LogP contribution in [0, 0.1) is 6.92 Å². The largest absolute Gasteiger partial charge is 0.491 e. The molecular weight excluding hydrogens is 384 g/mol. The number of carbonyl (C=O) groups excluding carboxylic acids is 1. The topological polar surface area (TPSA) is 69.0 Å². The summed E-state index contributed by atoms with van der Waals surface area (Å²) in [4.78, 5) is 18.9. The Morgan fingerprint density at radius 3 is 2.90 bits per heavy atom. The maximum atomic E-state index is 13.1. The van der Waals surface area contributed by atoms with Crippen LogP contribution < -0.4 is 10.1 Å². The quantitative estimate of drug-likeness (QED) is 0.474. The first-order valence-corrected chi connectivity index (χ1v) is 10.4. The van der Waals surface area contributed by atoms with Gasteiger partial charge in [-0.05, 0) is 43.0 Å². The number of ether oxygens (including phenoxy) is 1. The van der Waals surface area contributed by atoms with Crippen LogP contribution in [0.1, 0.15) is 34.3 Å². The highest BCUT2D eigenvalue weighted by molar-refractivity contribution is 7.09. The lowest BCUT2D eigenvalue weighted by Gasteiger charge is -2.12. The second kappa shape index (κ2) is 8.45. The number of para-hydroxylation sites is 2. The number of carbonyl (C=O) groups is 1. The molecule has 0 radical (unpaired) electrons. The van der Waals surface area contributed by atoms with Gasteiger partial charge >= 0.3 is 0 Å². The van der Waals surface area contributed by atoms with Crippen LogP contribution in [-0.2, 0) is 6.54 Å². The number of nitrogens with one attached hydrogen (secondary N) is 1. The Kier molecular flexibility index (Phi) is 5.57. The molecular formula is C22H22N4O2S.